The summed E-state index contributed by atoms with van der Waals surface area (Å²) in [5.74, 6) is 2.07. The second kappa shape index (κ2) is 8.49. The summed E-state index contributed by atoms with van der Waals surface area (Å²) in [5, 5.41) is 0.683. The fraction of sp³-hybridized carbons (Fsp3) is 0.667. The van der Waals surface area contributed by atoms with Gasteiger partial charge in [0.2, 0.25) is 0 Å². The highest BCUT2D eigenvalue weighted by atomic mass is 35.5. The van der Waals surface area contributed by atoms with E-state index in [1.54, 1.807) is 12.1 Å². The first-order valence-corrected chi connectivity index (χ1v) is 10.0. The first kappa shape index (κ1) is 17.9. The van der Waals surface area contributed by atoms with E-state index in [2.05, 4.69) is 11.8 Å². The Labute approximate surface area is 151 Å². The molecular weight excluding hydrogens is 318 g/mol. The zero-order valence-corrected chi connectivity index (χ0v) is 15.6. The molecule has 0 bridgehead atoms. The number of halogens is 1. The molecule has 0 amide bonds. The molecule has 2 aliphatic rings. The normalized spacial score (nSPS) is 22.4. The number of benzene rings is 1. The monoisotopic (exact) mass is 347 g/mol. The van der Waals surface area contributed by atoms with Gasteiger partial charge in [0.1, 0.15) is 0 Å². The van der Waals surface area contributed by atoms with Crippen molar-refractivity contribution in [3.63, 3.8) is 0 Å². The van der Waals surface area contributed by atoms with Gasteiger partial charge in [0.05, 0.1) is 6.04 Å². The lowest BCUT2D eigenvalue weighted by atomic mass is 9.79. The van der Waals surface area contributed by atoms with Crippen LogP contribution in [0, 0.1) is 11.8 Å². The van der Waals surface area contributed by atoms with Crippen LogP contribution >= 0.6 is 11.6 Å². The van der Waals surface area contributed by atoms with Crippen molar-refractivity contribution in [2.24, 2.45) is 11.8 Å². The van der Waals surface area contributed by atoms with Gasteiger partial charge in [-0.3, -0.25) is 9.69 Å². The smallest absolute Gasteiger partial charge is 0.179 e. The molecule has 3 heteroatoms. The lowest BCUT2D eigenvalue weighted by Crippen LogP contribution is -2.44. The number of ketones is 1. The van der Waals surface area contributed by atoms with E-state index in [1.165, 1.54) is 51.4 Å². The van der Waals surface area contributed by atoms with E-state index in [-0.39, 0.29) is 11.8 Å². The average Bonchev–Trinajstić information content (AvgIpc) is 2.63. The molecule has 1 saturated carbocycles. The van der Waals surface area contributed by atoms with Crippen LogP contribution in [0.2, 0.25) is 5.02 Å². The van der Waals surface area contributed by atoms with Gasteiger partial charge in [-0.15, -0.1) is 0 Å². The molecule has 1 saturated heterocycles. The maximum atomic E-state index is 12.7. The Hall–Kier alpha value is -0.860. The molecule has 1 unspecified atom stereocenters. The summed E-state index contributed by atoms with van der Waals surface area (Å²) in [5.41, 5.74) is 0.774. The molecule has 1 aliphatic carbocycles. The number of carbonyl (C=O) groups is 1. The van der Waals surface area contributed by atoms with Gasteiger partial charge in [-0.2, -0.15) is 0 Å². The third-order valence-corrected chi connectivity index (χ3v) is 6.35. The summed E-state index contributed by atoms with van der Waals surface area (Å²) in [6.45, 7) is 4.19. The molecule has 1 aromatic carbocycles. The van der Waals surface area contributed by atoms with Crippen molar-refractivity contribution in [2.75, 3.05) is 13.1 Å². The topological polar surface area (TPSA) is 20.3 Å². The van der Waals surface area contributed by atoms with Gasteiger partial charge in [0, 0.05) is 10.6 Å². The summed E-state index contributed by atoms with van der Waals surface area (Å²) in [4.78, 5) is 15.0. The molecule has 0 radical (unpaired) electrons. The standard InChI is InChI=1S/C21H30ClNO/c1-16(21(24)19-7-9-20(22)10-8-19)23-13-11-18(12-14-23)15-17-5-3-2-4-6-17/h7-10,16-18H,2-6,11-15H2,1H3. The Kier molecular flexibility index (Phi) is 6.35. The summed E-state index contributed by atoms with van der Waals surface area (Å²) >= 11 is 5.92. The lowest BCUT2D eigenvalue weighted by molar-refractivity contribution is 0.0750. The molecule has 132 valence electrons. The van der Waals surface area contributed by atoms with Crippen molar-refractivity contribution in [2.45, 2.75) is 64.3 Å². The molecule has 1 aliphatic heterocycles. The molecule has 24 heavy (non-hydrogen) atoms. The average molecular weight is 348 g/mol. The highest BCUT2D eigenvalue weighted by Gasteiger charge is 2.28. The first-order chi connectivity index (χ1) is 11.6. The van der Waals surface area contributed by atoms with Crippen molar-refractivity contribution in [3.05, 3.63) is 34.9 Å². The zero-order valence-electron chi connectivity index (χ0n) is 14.8. The van der Waals surface area contributed by atoms with Gasteiger partial charge < -0.3 is 0 Å². The zero-order chi connectivity index (χ0) is 16.9. The number of likely N-dealkylation sites (tertiary alicyclic amines) is 1. The molecule has 2 nitrogen and oxygen atoms in total. The number of Topliss-reactive ketones (excluding diaryl/α,β-unsaturated/α-hetero) is 1. The quantitative estimate of drug-likeness (QED) is 0.647. The number of nitrogens with zero attached hydrogens (tertiary/aromatic N) is 1. The minimum absolute atomic E-state index is 0.0261. The van der Waals surface area contributed by atoms with Crippen LogP contribution in [-0.4, -0.2) is 29.8 Å². The lowest BCUT2D eigenvalue weighted by Gasteiger charge is -2.37. The largest absolute Gasteiger partial charge is 0.293 e. The minimum atomic E-state index is -0.0261. The summed E-state index contributed by atoms with van der Waals surface area (Å²) in [7, 11) is 0. The van der Waals surface area contributed by atoms with Crippen molar-refractivity contribution < 1.29 is 4.79 Å². The first-order valence-electron chi connectivity index (χ1n) is 9.67. The predicted molar refractivity (Wildman–Crippen MR) is 101 cm³/mol. The summed E-state index contributed by atoms with van der Waals surface area (Å²) < 4.78 is 0. The molecule has 1 heterocycles. The van der Waals surface area contributed by atoms with Crippen LogP contribution < -0.4 is 0 Å². The molecular formula is C21H30ClNO. The number of rotatable bonds is 5. The second-order valence-corrected chi connectivity index (χ2v) is 8.20. The predicted octanol–water partition coefficient (Wildman–Crippen LogP) is 5.59. The van der Waals surface area contributed by atoms with Crippen LogP contribution in [-0.2, 0) is 0 Å². The van der Waals surface area contributed by atoms with Crippen LogP contribution in [0.25, 0.3) is 0 Å². The van der Waals surface area contributed by atoms with Crippen LogP contribution in [0.1, 0.15) is 68.6 Å². The Balaban J connectivity index is 1.48. The minimum Gasteiger partial charge on any atom is -0.293 e. The van der Waals surface area contributed by atoms with E-state index in [4.69, 9.17) is 11.6 Å². The van der Waals surface area contributed by atoms with Crippen LogP contribution in [0.5, 0.6) is 0 Å². The second-order valence-electron chi connectivity index (χ2n) is 7.77. The fourth-order valence-electron chi connectivity index (χ4n) is 4.49. The third kappa shape index (κ3) is 4.61. The molecule has 1 atom stereocenters. The van der Waals surface area contributed by atoms with Gasteiger partial charge >= 0.3 is 0 Å². The molecule has 0 aromatic heterocycles. The van der Waals surface area contributed by atoms with Gasteiger partial charge in [-0.05, 0) is 75.4 Å². The Bertz CT molecular complexity index is 527. The number of hydrogen-bond donors (Lipinski definition) is 0. The highest BCUT2D eigenvalue weighted by Crippen LogP contribution is 2.33. The van der Waals surface area contributed by atoms with E-state index < -0.39 is 0 Å². The number of hydrogen-bond acceptors (Lipinski definition) is 2. The van der Waals surface area contributed by atoms with Gasteiger partial charge in [-0.25, -0.2) is 0 Å². The van der Waals surface area contributed by atoms with Crippen molar-refractivity contribution in [3.8, 4) is 0 Å². The SMILES string of the molecule is CC(C(=O)c1ccc(Cl)cc1)N1CCC(CC2CCCCC2)CC1. The van der Waals surface area contributed by atoms with Gasteiger partial charge in [-0.1, -0.05) is 43.7 Å². The molecule has 1 aromatic rings. The molecule has 0 spiro atoms. The van der Waals surface area contributed by atoms with Crippen LogP contribution in [0.15, 0.2) is 24.3 Å². The van der Waals surface area contributed by atoms with E-state index in [9.17, 15) is 4.79 Å². The number of carbonyl (C=O) groups excluding carboxylic acids is 1. The van der Waals surface area contributed by atoms with E-state index in [1.807, 2.05) is 12.1 Å². The van der Waals surface area contributed by atoms with Gasteiger partial charge in [0.25, 0.3) is 0 Å². The molecule has 0 N–H and O–H groups in total. The van der Waals surface area contributed by atoms with E-state index in [0.717, 1.165) is 30.5 Å². The Morgan fingerprint density at radius 2 is 1.62 bits per heavy atom. The number of piperidine rings is 1. The maximum Gasteiger partial charge on any atom is 0.179 e. The van der Waals surface area contributed by atoms with Crippen LogP contribution in [0.4, 0.5) is 0 Å². The maximum absolute atomic E-state index is 12.7. The Morgan fingerprint density at radius 1 is 1.04 bits per heavy atom. The fourth-order valence-corrected chi connectivity index (χ4v) is 4.62. The van der Waals surface area contributed by atoms with Crippen molar-refractivity contribution >= 4 is 17.4 Å². The molecule has 3 rings (SSSR count). The molecule has 2 fully saturated rings. The van der Waals surface area contributed by atoms with E-state index in [0.29, 0.717) is 5.02 Å². The van der Waals surface area contributed by atoms with Crippen molar-refractivity contribution in [1.82, 2.24) is 4.90 Å². The van der Waals surface area contributed by atoms with Crippen molar-refractivity contribution in [1.29, 1.82) is 0 Å². The summed E-state index contributed by atoms with van der Waals surface area (Å²) in [6, 6.07) is 7.27. The van der Waals surface area contributed by atoms with E-state index >= 15 is 0 Å². The third-order valence-electron chi connectivity index (χ3n) is 6.10. The van der Waals surface area contributed by atoms with Gasteiger partial charge in [0.15, 0.2) is 5.78 Å². The highest BCUT2D eigenvalue weighted by molar-refractivity contribution is 6.30. The van der Waals surface area contributed by atoms with Crippen LogP contribution in [0.3, 0.4) is 0 Å². The summed E-state index contributed by atoms with van der Waals surface area (Å²) in [6.07, 6.45) is 11.2. The Morgan fingerprint density at radius 3 is 2.25 bits per heavy atom.